The highest BCUT2D eigenvalue weighted by Gasteiger charge is 2.17. The summed E-state index contributed by atoms with van der Waals surface area (Å²) in [6.07, 6.45) is 3.90. The number of hydrogen-bond donors (Lipinski definition) is 1. The molecule has 2 unspecified atom stereocenters. The maximum atomic E-state index is 5.55. The van der Waals surface area contributed by atoms with Gasteiger partial charge in [-0.25, -0.2) is 0 Å². The molecule has 2 aromatic rings. The fraction of sp³-hybridized carbons (Fsp3) is 0.474. The summed E-state index contributed by atoms with van der Waals surface area (Å²) in [7, 11) is 5.86. The Morgan fingerprint density at radius 2 is 1.91 bits per heavy atom. The lowest BCUT2D eigenvalue weighted by Crippen LogP contribution is -2.35. The van der Waals surface area contributed by atoms with Gasteiger partial charge in [0.25, 0.3) is 0 Å². The van der Waals surface area contributed by atoms with Gasteiger partial charge in [-0.05, 0) is 63.7 Å². The molecule has 4 heteroatoms. The Labute approximate surface area is 139 Å². The minimum absolute atomic E-state index is 0.258. The van der Waals surface area contributed by atoms with Crippen molar-refractivity contribution in [3.63, 3.8) is 0 Å². The van der Waals surface area contributed by atoms with E-state index < -0.39 is 0 Å². The van der Waals surface area contributed by atoms with Gasteiger partial charge in [0.1, 0.15) is 11.5 Å². The van der Waals surface area contributed by atoms with Crippen LogP contribution in [0.3, 0.4) is 0 Å². The van der Waals surface area contributed by atoms with Crippen molar-refractivity contribution in [3.05, 3.63) is 54.0 Å². The third-order valence-electron chi connectivity index (χ3n) is 4.18. The highest BCUT2D eigenvalue weighted by atomic mass is 16.5. The normalized spacial score (nSPS) is 14.0. The van der Waals surface area contributed by atoms with Crippen LogP contribution in [0, 0.1) is 0 Å². The second-order valence-corrected chi connectivity index (χ2v) is 6.19. The number of methoxy groups -OCH3 is 1. The maximum absolute atomic E-state index is 5.55. The molecule has 0 spiro atoms. The van der Waals surface area contributed by atoms with Crippen molar-refractivity contribution in [1.29, 1.82) is 0 Å². The topological polar surface area (TPSA) is 37.6 Å². The molecule has 0 saturated heterocycles. The van der Waals surface area contributed by atoms with E-state index in [-0.39, 0.29) is 6.04 Å². The summed E-state index contributed by atoms with van der Waals surface area (Å²) >= 11 is 0. The SMILES string of the molecule is COc1ccc(CCC(C)NCC(c2ccco2)N(C)C)cc1. The van der Waals surface area contributed by atoms with Gasteiger partial charge in [-0.1, -0.05) is 12.1 Å². The van der Waals surface area contributed by atoms with Crippen LogP contribution in [0.2, 0.25) is 0 Å². The van der Waals surface area contributed by atoms with Crippen molar-refractivity contribution >= 4 is 0 Å². The first-order valence-corrected chi connectivity index (χ1v) is 8.16. The van der Waals surface area contributed by atoms with Gasteiger partial charge in [-0.15, -0.1) is 0 Å². The molecule has 0 fully saturated rings. The standard InChI is InChI=1S/C19H28N2O2/c1-15(7-8-16-9-11-17(22-4)12-10-16)20-14-18(21(2)3)19-6-5-13-23-19/h5-6,9-13,15,18,20H,7-8,14H2,1-4H3. The average Bonchev–Trinajstić information content (AvgIpc) is 3.07. The number of nitrogens with zero attached hydrogens (tertiary/aromatic N) is 1. The van der Waals surface area contributed by atoms with E-state index in [0.29, 0.717) is 6.04 Å². The van der Waals surface area contributed by atoms with Crippen molar-refractivity contribution in [3.8, 4) is 5.75 Å². The third kappa shape index (κ3) is 5.41. The van der Waals surface area contributed by atoms with Crippen LogP contribution in [0.5, 0.6) is 5.75 Å². The van der Waals surface area contributed by atoms with E-state index in [1.54, 1.807) is 13.4 Å². The van der Waals surface area contributed by atoms with E-state index >= 15 is 0 Å². The molecule has 126 valence electrons. The predicted octanol–water partition coefficient (Wildman–Crippen LogP) is 3.50. The minimum atomic E-state index is 0.258. The molecule has 0 radical (unpaired) electrons. The molecule has 1 aromatic heterocycles. The van der Waals surface area contributed by atoms with Crippen molar-refractivity contribution in [2.75, 3.05) is 27.7 Å². The highest BCUT2D eigenvalue weighted by Crippen LogP contribution is 2.18. The fourth-order valence-corrected chi connectivity index (χ4v) is 2.61. The molecule has 0 aliphatic heterocycles. The first-order valence-electron chi connectivity index (χ1n) is 8.16. The number of furan rings is 1. The zero-order valence-electron chi connectivity index (χ0n) is 14.6. The Morgan fingerprint density at radius 3 is 2.48 bits per heavy atom. The van der Waals surface area contributed by atoms with Gasteiger partial charge in [0, 0.05) is 12.6 Å². The van der Waals surface area contributed by atoms with Crippen molar-refractivity contribution in [2.24, 2.45) is 0 Å². The van der Waals surface area contributed by atoms with Gasteiger partial charge in [0.15, 0.2) is 0 Å². The summed E-state index contributed by atoms with van der Waals surface area (Å²) in [6, 6.07) is 13.0. The number of benzene rings is 1. The Bertz CT molecular complexity index is 549. The Kier molecular flexibility index (Phi) is 6.68. The van der Waals surface area contributed by atoms with E-state index in [4.69, 9.17) is 9.15 Å². The largest absolute Gasteiger partial charge is 0.497 e. The number of nitrogens with one attached hydrogen (secondary N) is 1. The molecule has 1 aromatic carbocycles. The van der Waals surface area contributed by atoms with E-state index in [1.807, 2.05) is 24.3 Å². The van der Waals surface area contributed by atoms with Gasteiger partial charge < -0.3 is 14.5 Å². The smallest absolute Gasteiger partial charge is 0.122 e. The molecule has 0 aliphatic rings. The minimum Gasteiger partial charge on any atom is -0.497 e. The number of likely N-dealkylation sites (N-methyl/N-ethyl adjacent to an activating group) is 1. The predicted molar refractivity (Wildman–Crippen MR) is 93.9 cm³/mol. The second kappa shape index (κ2) is 8.75. The molecule has 0 aliphatic carbocycles. The third-order valence-corrected chi connectivity index (χ3v) is 4.18. The van der Waals surface area contributed by atoms with Crippen molar-refractivity contribution < 1.29 is 9.15 Å². The fourth-order valence-electron chi connectivity index (χ4n) is 2.61. The van der Waals surface area contributed by atoms with Gasteiger partial charge in [0.05, 0.1) is 19.4 Å². The first kappa shape index (κ1) is 17.6. The van der Waals surface area contributed by atoms with E-state index in [2.05, 4.69) is 43.4 Å². The summed E-state index contributed by atoms with van der Waals surface area (Å²) < 4.78 is 10.7. The van der Waals surface area contributed by atoms with Crippen LogP contribution < -0.4 is 10.1 Å². The van der Waals surface area contributed by atoms with Gasteiger partial charge in [0.2, 0.25) is 0 Å². The molecule has 0 amide bonds. The van der Waals surface area contributed by atoms with Crippen LogP contribution in [0.4, 0.5) is 0 Å². The molecular weight excluding hydrogens is 288 g/mol. The van der Waals surface area contributed by atoms with Crippen LogP contribution in [-0.4, -0.2) is 38.7 Å². The highest BCUT2D eigenvalue weighted by molar-refractivity contribution is 5.27. The molecule has 4 nitrogen and oxygen atoms in total. The summed E-state index contributed by atoms with van der Waals surface area (Å²) in [5.41, 5.74) is 1.34. The summed E-state index contributed by atoms with van der Waals surface area (Å²) in [6.45, 7) is 3.11. The van der Waals surface area contributed by atoms with Crippen LogP contribution in [0.25, 0.3) is 0 Å². The molecule has 0 bridgehead atoms. The lowest BCUT2D eigenvalue weighted by Gasteiger charge is -2.24. The summed E-state index contributed by atoms with van der Waals surface area (Å²) in [4.78, 5) is 2.18. The number of aryl methyl sites for hydroxylation is 1. The molecule has 1 heterocycles. The Hall–Kier alpha value is -1.78. The lowest BCUT2D eigenvalue weighted by atomic mass is 10.1. The molecular formula is C19H28N2O2. The monoisotopic (exact) mass is 316 g/mol. The van der Waals surface area contributed by atoms with Crippen LogP contribution in [-0.2, 0) is 6.42 Å². The number of rotatable bonds is 9. The molecule has 2 atom stereocenters. The van der Waals surface area contributed by atoms with E-state index in [1.165, 1.54) is 5.56 Å². The Morgan fingerprint density at radius 1 is 1.17 bits per heavy atom. The molecule has 1 N–H and O–H groups in total. The molecule has 2 rings (SSSR count). The number of hydrogen-bond acceptors (Lipinski definition) is 4. The quantitative estimate of drug-likeness (QED) is 0.768. The maximum Gasteiger partial charge on any atom is 0.122 e. The first-order chi connectivity index (χ1) is 11.1. The van der Waals surface area contributed by atoms with Crippen LogP contribution in [0.1, 0.15) is 30.7 Å². The molecule has 0 saturated carbocycles. The number of ether oxygens (including phenoxy) is 1. The van der Waals surface area contributed by atoms with Crippen molar-refractivity contribution in [1.82, 2.24) is 10.2 Å². The van der Waals surface area contributed by atoms with Crippen LogP contribution in [0.15, 0.2) is 47.1 Å². The summed E-state index contributed by atoms with van der Waals surface area (Å²) in [5, 5.41) is 3.62. The lowest BCUT2D eigenvalue weighted by molar-refractivity contribution is 0.244. The second-order valence-electron chi connectivity index (χ2n) is 6.19. The zero-order valence-corrected chi connectivity index (χ0v) is 14.6. The van der Waals surface area contributed by atoms with E-state index in [0.717, 1.165) is 30.9 Å². The van der Waals surface area contributed by atoms with Gasteiger partial charge in [-0.3, -0.25) is 4.90 Å². The average molecular weight is 316 g/mol. The Balaban J connectivity index is 1.78. The summed E-state index contributed by atoms with van der Waals surface area (Å²) in [5.74, 6) is 1.91. The van der Waals surface area contributed by atoms with Crippen LogP contribution >= 0.6 is 0 Å². The zero-order chi connectivity index (χ0) is 16.7. The van der Waals surface area contributed by atoms with Gasteiger partial charge >= 0.3 is 0 Å². The van der Waals surface area contributed by atoms with Gasteiger partial charge in [-0.2, -0.15) is 0 Å². The van der Waals surface area contributed by atoms with Crippen molar-refractivity contribution in [2.45, 2.75) is 31.8 Å². The molecule has 23 heavy (non-hydrogen) atoms. The van der Waals surface area contributed by atoms with E-state index in [9.17, 15) is 0 Å².